The number of hydrogen-bond donors (Lipinski definition) is 1. The Hall–Kier alpha value is -1.81. The summed E-state index contributed by atoms with van der Waals surface area (Å²) in [5.74, 6) is 0.168. The van der Waals surface area contributed by atoms with Gasteiger partial charge in [0.2, 0.25) is 0 Å². The van der Waals surface area contributed by atoms with Gasteiger partial charge in [-0.2, -0.15) is 0 Å². The second-order valence-corrected chi connectivity index (χ2v) is 7.17. The molecular weight excluding hydrogens is 286 g/mol. The smallest absolute Gasteiger partial charge is 0.270 e. The summed E-state index contributed by atoms with van der Waals surface area (Å²) in [7, 11) is 2.20. The topological polar surface area (TPSA) is 39.3 Å². The Kier molecular flexibility index (Phi) is 3.64. The number of aryl methyl sites for hydroxylation is 1. The molecule has 0 spiro atoms. The Labute approximate surface area is 137 Å². The van der Waals surface area contributed by atoms with Crippen molar-refractivity contribution in [2.24, 2.45) is 0 Å². The number of likely N-dealkylation sites (N-methyl/N-ethyl adjacent to an activating group) is 1. The van der Waals surface area contributed by atoms with E-state index in [1.165, 1.54) is 18.4 Å². The van der Waals surface area contributed by atoms with E-state index in [9.17, 15) is 4.79 Å². The number of aromatic amines is 1. The number of benzene rings is 1. The first-order valence-corrected chi connectivity index (χ1v) is 8.74. The molecule has 2 unspecified atom stereocenters. The van der Waals surface area contributed by atoms with Crippen LogP contribution >= 0.6 is 0 Å². The van der Waals surface area contributed by atoms with Gasteiger partial charge in [-0.25, -0.2) is 0 Å². The summed E-state index contributed by atoms with van der Waals surface area (Å²) in [5, 5.41) is 1.12. The van der Waals surface area contributed by atoms with Crippen molar-refractivity contribution in [1.29, 1.82) is 0 Å². The Morgan fingerprint density at radius 3 is 2.70 bits per heavy atom. The number of carbonyl (C=O) groups is 1. The molecule has 0 bridgehead atoms. The Morgan fingerprint density at radius 2 is 1.91 bits per heavy atom. The van der Waals surface area contributed by atoms with Crippen LogP contribution in [0.1, 0.15) is 41.7 Å². The molecule has 23 heavy (non-hydrogen) atoms. The van der Waals surface area contributed by atoms with E-state index in [2.05, 4.69) is 47.0 Å². The summed E-state index contributed by atoms with van der Waals surface area (Å²) in [4.78, 5) is 20.9. The first-order valence-electron chi connectivity index (χ1n) is 8.74. The van der Waals surface area contributed by atoms with Crippen molar-refractivity contribution in [2.75, 3.05) is 20.1 Å². The number of hydrogen-bond acceptors (Lipinski definition) is 2. The maximum atomic E-state index is 13.1. The molecule has 0 saturated carbocycles. The number of nitrogens with zero attached hydrogens (tertiary/aromatic N) is 2. The highest BCUT2D eigenvalue weighted by molar-refractivity contribution is 5.98. The largest absolute Gasteiger partial charge is 0.351 e. The van der Waals surface area contributed by atoms with Crippen LogP contribution < -0.4 is 0 Å². The van der Waals surface area contributed by atoms with Gasteiger partial charge in [0, 0.05) is 29.5 Å². The molecule has 4 rings (SSSR count). The van der Waals surface area contributed by atoms with Crippen LogP contribution in [0.25, 0.3) is 10.9 Å². The average molecular weight is 311 g/mol. The van der Waals surface area contributed by atoms with Crippen LogP contribution in [-0.4, -0.2) is 52.9 Å². The summed E-state index contributed by atoms with van der Waals surface area (Å²) in [5.41, 5.74) is 3.00. The second-order valence-electron chi connectivity index (χ2n) is 7.17. The van der Waals surface area contributed by atoms with Crippen molar-refractivity contribution in [3.8, 4) is 0 Å². The van der Waals surface area contributed by atoms with Gasteiger partial charge in [0.05, 0.1) is 0 Å². The fourth-order valence-electron chi connectivity index (χ4n) is 4.38. The van der Waals surface area contributed by atoms with Crippen LogP contribution in [0.3, 0.4) is 0 Å². The van der Waals surface area contributed by atoms with Gasteiger partial charge in [0.25, 0.3) is 5.91 Å². The molecular formula is C19H25N3O. The number of nitrogens with one attached hydrogen (secondary N) is 1. The summed E-state index contributed by atoms with van der Waals surface area (Å²) in [6.45, 7) is 4.13. The van der Waals surface area contributed by atoms with E-state index in [1.807, 2.05) is 6.07 Å². The number of likely N-dealkylation sites (tertiary alicyclic amines) is 2. The van der Waals surface area contributed by atoms with E-state index >= 15 is 0 Å². The normalized spacial score (nSPS) is 25.6. The van der Waals surface area contributed by atoms with Crippen LogP contribution in [0, 0.1) is 6.92 Å². The predicted molar refractivity (Wildman–Crippen MR) is 92.7 cm³/mol. The SMILES string of the molecule is Cc1ccc2cc(C(=O)N3CCCC3C3CCCN3C)[nH]c2c1. The summed E-state index contributed by atoms with van der Waals surface area (Å²) < 4.78 is 0. The van der Waals surface area contributed by atoms with E-state index in [-0.39, 0.29) is 5.91 Å². The van der Waals surface area contributed by atoms with Gasteiger partial charge in [0.1, 0.15) is 5.69 Å². The average Bonchev–Trinajstić information content (AvgIpc) is 3.23. The monoisotopic (exact) mass is 311 g/mol. The molecule has 1 N–H and O–H groups in total. The van der Waals surface area contributed by atoms with Crippen molar-refractivity contribution in [3.05, 3.63) is 35.5 Å². The van der Waals surface area contributed by atoms with Crippen molar-refractivity contribution in [3.63, 3.8) is 0 Å². The standard InChI is InChI=1S/C19H25N3O/c1-13-7-8-14-12-16(20-15(14)11-13)19(23)22-10-4-6-18(22)17-5-3-9-21(17)2/h7-8,11-12,17-18,20H,3-6,9-10H2,1-2H3. The number of fused-ring (bicyclic) bond motifs is 1. The third-order valence-electron chi connectivity index (χ3n) is 5.59. The quantitative estimate of drug-likeness (QED) is 0.925. The maximum absolute atomic E-state index is 13.1. The van der Waals surface area contributed by atoms with Gasteiger partial charge in [-0.05, 0) is 63.9 Å². The zero-order valence-electron chi connectivity index (χ0n) is 14.0. The molecule has 2 aromatic rings. The third-order valence-corrected chi connectivity index (χ3v) is 5.59. The highest BCUT2D eigenvalue weighted by Gasteiger charge is 2.38. The molecule has 1 aromatic heterocycles. The van der Waals surface area contributed by atoms with E-state index < -0.39 is 0 Å². The summed E-state index contributed by atoms with van der Waals surface area (Å²) in [6, 6.07) is 9.21. The van der Waals surface area contributed by atoms with Crippen LogP contribution in [-0.2, 0) is 0 Å². The van der Waals surface area contributed by atoms with Gasteiger partial charge < -0.3 is 14.8 Å². The van der Waals surface area contributed by atoms with Crippen molar-refractivity contribution < 1.29 is 4.79 Å². The minimum absolute atomic E-state index is 0.168. The van der Waals surface area contributed by atoms with Gasteiger partial charge in [-0.1, -0.05) is 12.1 Å². The number of rotatable bonds is 2. The highest BCUT2D eigenvalue weighted by Crippen LogP contribution is 2.30. The molecule has 4 nitrogen and oxygen atoms in total. The molecule has 122 valence electrons. The summed E-state index contributed by atoms with van der Waals surface area (Å²) in [6.07, 6.45) is 4.74. The molecule has 0 aliphatic carbocycles. The fraction of sp³-hybridized carbons (Fsp3) is 0.526. The minimum atomic E-state index is 0.168. The molecule has 4 heteroatoms. The molecule has 1 amide bonds. The van der Waals surface area contributed by atoms with Crippen LogP contribution in [0.5, 0.6) is 0 Å². The molecule has 1 aromatic carbocycles. The van der Waals surface area contributed by atoms with E-state index in [1.54, 1.807) is 0 Å². The van der Waals surface area contributed by atoms with E-state index in [0.717, 1.165) is 42.5 Å². The lowest BCUT2D eigenvalue weighted by Gasteiger charge is -2.33. The minimum Gasteiger partial charge on any atom is -0.351 e. The van der Waals surface area contributed by atoms with Crippen LogP contribution in [0.15, 0.2) is 24.3 Å². The second kappa shape index (κ2) is 5.68. The fourth-order valence-corrected chi connectivity index (χ4v) is 4.38. The number of aromatic nitrogens is 1. The maximum Gasteiger partial charge on any atom is 0.270 e. The van der Waals surface area contributed by atoms with E-state index in [4.69, 9.17) is 0 Å². The van der Waals surface area contributed by atoms with Crippen LogP contribution in [0.2, 0.25) is 0 Å². The molecule has 2 fully saturated rings. The molecule has 2 aliphatic heterocycles. The zero-order valence-corrected chi connectivity index (χ0v) is 14.0. The molecule has 3 heterocycles. The molecule has 2 atom stereocenters. The first kappa shape index (κ1) is 14.8. The van der Waals surface area contributed by atoms with Crippen molar-refractivity contribution in [1.82, 2.24) is 14.8 Å². The lowest BCUT2D eigenvalue weighted by atomic mass is 10.0. The Morgan fingerprint density at radius 1 is 1.13 bits per heavy atom. The van der Waals surface area contributed by atoms with Gasteiger partial charge in [0.15, 0.2) is 0 Å². The first-order chi connectivity index (χ1) is 11.1. The molecule has 2 saturated heterocycles. The van der Waals surface area contributed by atoms with Gasteiger partial charge in [-0.3, -0.25) is 4.79 Å². The highest BCUT2D eigenvalue weighted by atomic mass is 16.2. The number of amides is 1. The predicted octanol–water partition coefficient (Wildman–Crippen LogP) is 3.18. The number of carbonyl (C=O) groups excluding carboxylic acids is 1. The van der Waals surface area contributed by atoms with Crippen molar-refractivity contribution >= 4 is 16.8 Å². The lowest BCUT2D eigenvalue weighted by molar-refractivity contribution is 0.0659. The van der Waals surface area contributed by atoms with Gasteiger partial charge >= 0.3 is 0 Å². The zero-order chi connectivity index (χ0) is 16.0. The molecule has 0 radical (unpaired) electrons. The Balaban J connectivity index is 1.61. The third kappa shape index (κ3) is 2.55. The summed E-state index contributed by atoms with van der Waals surface area (Å²) >= 11 is 0. The van der Waals surface area contributed by atoms with Crippen molar-refractivity contribution in [2.45, 2.75) is 44.7 Å². The van der Waals surface area contributed by atoms with E-state index in [0.29, 0.717) is 12.1 Å². The number of H-pyrrole nitrogens is 1. The Bertz CT molecular complexity index is 735. The van der Waals surface area contributed by atoms with Gasteiger partial charge in [-0.15, -0.1) is 0 Å². The molecule has 2 aliphatic rings. The lowest BCUT2D eigenvalue weighted by Crippen LogP contribution is -2.47. The van der Waals surface area contributed by atoms with Crippen LogP contribution in [0.4, 0.5) is 0 Å².